The molecule has 1 atom stereocenters. The van der Waals surface area contributed by atoms with Crippen LogP contribution in [0.1, 0.15) is 24.9 Å². The van der Waals surface area contributed by atoms with E-state index in [1.165, 1.54) is 0 Å². The van der Waals surface area contributed by atoms with Gasteiger partial charge in [-0.1, -0.05) is 12.1 Å². The monoisotopic (exact) mass is 222 g/mol. The van der Waals surface area contributed by atoms with Gasteiger partial charge in [-0.05, 0) is 24.6 Å². The molecule has 88 valence electrons. The molecule has 0 unspecified atom stereocenters. The quantitative estimate of drug-likeness (QED) is 0.787. The number of carbonyl (C=O) groups excluding carboxylic acids is 1. The smallest absolute Gasteiger partial charge is 0.223 e. The van der Waals surface area contributed by atoms with Gasteiger partial charge in [0.05, 0.1) is 13.0 Å². The lowest BCUT2D eigenvalue weighted by atomic mass is 10.1. The largest absolute Gasteiger partial charge is 0.493 e. The molecule has 1 aromatic rings. The first kappa shape index (κ1) is 12.5. The zero-order valence-corrected chi connectivity index (χ0v) is 9.69. The summed E-state index contributed by atoms with van der Waals surface area (Å²) in [5.74, 6) is 0.737. The van der Waals surface area contributed by atoms with Crippen molar-refractivity contribution in [3.63, 3.8) is 0 Å². The minimum atomic E-state index is -0.0211. The maximum Gasteiger partial charge on any atom is 0.223 e. The summed E-state index contributed by atoms with van der Waals surface area (Å²) in [5, 5.41) is 2.54. The normalized spacial score (nSPS) is 11.9. The van der Waals surface area contributed by atoms with Gasteiger partial charge in [0.1, 0.15) is 5.75 Å². The van der Waals surface area contributed by atoms with Gasteiger partial charge in [-0.2, -0.15) is 0 Å². The third kappa shape index (κ3) is 3.90. The van der Waals surface area contributed by atoms with Crippen molar-refractivity contribution in [1.82, 2.24) is 5.32 Å². The van der Waals surface area contributed by atoms with Gasteiger partial charge in [0.2, 0.25) is 5.91 Å². The van der Waals surface area contributed by atoms with Gasteiger partial charge < -0.3 is 15.8 Å². The molecular formula is C12H18N2O2. The Morgan fingerprint density at radius 1 is 1.44 bits per heavy atom. The molecule has 0 aliphatic heterocycles. The van der Waals surface area contributed by atoms with Crippen LogP contribution in [-0.2, 0) is 4.79 Å². The molecule has 0 spiro atoms. The lowest BCUT2D eigenvalue weighted by molar-refractivity contribution is -0.121. The number of hydrogen-bond acceptors (Lipinski definition) is 3. The zero-order chi connectivity index (χ0) is 12.0. The molecule has 1 aromatic carbocycles. The van der Waals surface area contributed by atoms with E-state index in [4.69, 9.17) is 10.5 Å². The summed E-state index contributed by atoms with van der Waals surface area (Å²) in [6.07, 6.45) is 0.367. The van der Waals surface area contributed by atoms with E-state index in [-0.39, 0.29) is 11.9 Å². The second-order valence-corrected chi connectivity index (χ2v) is 3.63. The maximum absolute atomic E-state index is 10.9. The van der Waals surface area contributed by atoms with Gasteiger partial charge in [-0.3, -0.25) is 4.79 Å². The van der Waals surface area contributed by atoms with Crippen molar-refractivity contribution in [1.29, 1.82) is 0 Å². The van der Waals surface area contributed by atoms with Crippen molar-refractivity contribution in [3.8, 4) is 5.75 Å². The predicted molar refractivity (Wildman–Crippen MR) is 63.2 cm³/mol. The van der Waals surface area contributed by atoms with Crippen LogP contribution in [0.2, 0.25) is 0 Å². The fourth-order valence-corrected chi connectivity index (χ4v) is 1.25. The fourth-order valence-electron chi connectivity index (χ4n) is 1.25. The van der Waals surface area contributed by atoms with E-state index in [1.807, 2.05) is 31.2 Å². The standard InChI is InChI=1S/C12H18N2O2/c1-9(13)10-3-5-11(6-4-10)16-8-7-12(15)14-2/h3-6,9H,7-8,13H2,1-2H3,(H,14,15)/t9-/m0/s1. The predicted octanol–water partition coefficient (Wildman–Crippen LogP) is 1.22. The van der Waals surface area contributed by atoms with Crippen molar-refractivity contribution >= 4 is 5.91 Å². The summed E-state index contributed by atoms with van der Waals surface area (Å²) in [7, 11) is 1.61. The Morgan fingerprint density at radius 3 is 2.56 bits per heavy atom. The average molecular weight is 222 g/mol. The molecule has 0 saturated heterocycles. The van der Waals surface area contributed by atoms with Gasteiger partial charge in [-0.15, -0.1) is 0 Å². The first-order chi connectivity index (χ1) is 7.63. The number of hydrogen-bond donors (Lipinski definition) is 2. The Kier molecular flexibility index (Phi) is 4.79. The van der Waals surface area contributed by atoms with E-state index < -0.39 is 0 Å². The van der Waals surface area contributed by atoms with Gasteiger partial charge in [-0.25, -0.2) is 0 Å². The van der Waals surface area contributed by atoms with Gasteiger partial charge in [0, 0.05) is 13.1 Å². The molecule has 3 N–H and O–H groups in total. The van der Waals surface area contributed by atoms with E-state index in [0.29, 0.717) is 13.0 Å². The molecule has 0 aliphatic rings. The number of benzene rings is 1. The highest BCUT2D eigenvalue weighted by Crippen LogP contribution is 2.15. The Morgan fingerprint density at radius 2 is 2.06 bits per heavy atom. The summed E-state index contributed by atoms with van der Waals surface area (Å²) in [6.45, 7) is 2.32. The minimum Gasteiger partial charge on any atom is -0.493 e. The summed E-state index contributed by atoms with van der Waals surface area (Å²) >= 11 is 0. The summed E-state index contributed by atoms with van der Waals surface area (Å²) in [5.41, 5.74) is 6.80. The lowest BCUT2D eigenvalue weighted by Crippen LogP contribution is -2.20. The molecule has 0 fully saturated rings. The van der Waals surface area contributed by atoms with Crippen molar-refractivity contribution < 1.29 is 9.53 Å². The van der Waals surface area contributed by atoms with Crippen LogP contribution in [0, 0.1) is 0 Å². The van der Waals surface area contributed by atoms with Crippen LogP contribution in [0.3, 0.4) is 0 Å². The molecule has 0 aliphatic carbocycles. The first-order valence-corrected chi connectivity index (χ1v) is 5.32. The van der Waals surface area contributed by atoms with Crippen LogP contribution < -0.4 is 15.8 Å². The van der Waals surface area contributed by atoms with Crippen LogP contribution in [0.4, 0.5) is 0 Å². The Balaban J connectivity index is 2.40. The van der Waals surface area contributed by atoms with Gasteiger partial charge >= 0.3 is 0 Å². The number of nitrogens with two attached hydrogens (primary N) is 1. The zero-order valence-electron chi connectivity index (χ0n) is 9.69. The summed E-state index contributed by atoms with van der Waals surface area (Å²) in [6, 6.07) is 7.62. The molecule has 4 nitrogen and oxygen atoms in total. The van der Waals surface area contributed by atoms with E-state index in [9.17, 15) is 4.79 Å². The number of nitrogens with one attached hydrogen (secondary N) is 1. The number of amides is 1. The number of carbonyl (C=O) groups is 1. The van der Waals surface area contributed by atoms with E-state index in [2.05, 4.69) is 5.32 Å². The minimum absolute atomic E-state index is 0.0211. The summed E-state index contributed by atoms with van der Waals surface area (Å²) < 4.78 is 5.41. The van der Waals surface area contributed by atoms with Crippen molar-refractivity contribution in [2.45, 2.75) is 19.4 Å². The molecule has 0 aromatic heterocycles. The number of rotatable bonds is 5. The molecule has 0 bridgehead atoms. The van der Waals surface area contributed by atoms with Crippen molar-refractivity contribution in [2.75, 3.05) is 13.7 Å². The van der Waals surface area contributed by atoms with Crippen LogP contribution in [0.15, 0.2) is 24.3 Å². The Hall–Kier alpha value is -1.55. The molecule has 0 heterocycles. The van der Waals surface area contributed by atoms with E-state index in [1.54, 1.807) is 7.05 Å². The van der Waals surface area contributed by atoms with Crippen LogP contribution in [-0.4, -0.2) is 19.6 Å². The molecule has 4 heteroatoms. The Bertz CT molecular complexity index is 333. The fraction of sp³-hybridized carbons (Fsp3) is 0.417. The van der Waals surface area contributed by atoms with Crippen LogP contribution >= 0.6 is 0 Å². The highest BCUT2D eigenvalue weighted by Gasteiger charge is 2.01. The molecule has 1 amide bonds. The van der Waals surface area contributed by atoms with Gasteiger partial charge in [0.15, 0.2) is 0 Å². The molecular weight excluding hydrogens is 204 g/mol. The van der Waals surface area contributed by atoms with Crippen LogP contribution in [0.5, 0.6) is 5.75 Å². The third-order valence-electron chi connectivity index (χ3n) is 2.28. The van der Waals surface area contributed by atoms with Gasteiger partial charge in [0.25, 0.3) is 0 Å². The molecule has 1 rings (SSSR count). The van der Waals surface area contributed by atoms with Crippen LogP contribution in [0.25, 0.3) is 0 Å². The van der Waals surface area contributed by atoms with E-state index >= 15 is 0 Å². The highest BCUT2D eigenvalue weighted by molar-refractivity contribution is 5.75. The highest BCUT2D eigenvalue weighted by atomic mass is 16.5. The third-order valence-corrected chi connectivity index (χ3v) is 2.28. The average Bonchev–Trinajstić information content (AvgIpc) is 2.29. The molecule has 0 radical (unpaired) electrons. The molecule has 0 saturated carbocycles. The SMILES string of the molecule is CNC(=O)CCOc1ccc([C@H](C)N)cc1. The topological polar surface area (TPSA) is 64.3 Å². The molecule has 16 heavy (non-hydrogen) atoms. The second-order valence-electron chi connectivity index (χ2n) is 3.63. The second kappa shape index (κ2) is 6.12. The van der Waals surface area contributed by atoms with E-state index in [0.717, 1.165) is 11.3 Å². The van der Waals surface area contributed by atoms with Crippen molar-refractivity contribution in [3.05, 3.63) is 29.8 Å². The lowest BCUT2D eigenvalue weighted by Gasteiger charge is -2.08. The Labute approximate surface area is 95.8 Å². The first-order valence-electron chi connectivity index (χ1n) is 5.32. The van der Waals surface area contributed by atoms with Crippen molar-refractivity contribution in [2.24, 2.45) is 5.73 Å². The number of ether oxygens (including phenoxy) is 1. The summed E-state index contributed by atoms with van der Waals surface area (Å²) in [4.78, 5) is 10.9. The maximum atomic E-state index is 10.9.